The number of aliphatic hydroxyl groups excluding tert-OH is 2. The number of aliphatic hydroxyl groups is 2. The molecule has 0 spiro atoms. The molecule has 320 valence electrons. The van der Waals surface area contributed by atoms with Gasteiger partial charge in [0.15, 0.2) is 17.4 Å². The first kappa shape index (κ1) is 43.9. The van der Waals surface area contributed by atoms with E-state index in [1.807, 2.05) is 78.9 Å². The van der Waals surface area contributed by atoms with Crippen molar-refractivity contribution in [2.75, 3.05) is 47.3 Å². The normalized spacial score (nSPS) is 18.0. The van der Waals surface area contributed by atoms with Crippen LogP contribution in [0.5, 0.6) is 11.5 Å². The van der Waals surface area contributed by atoms with Crippen LogP contribution in [0.1, 0.15) is 22.9 Å². The van der Waals surface area contributed by atoms with Crippen LogP contribution in [0.4, 0.5) is 4.79 Å². The third-order valence-electron chi connectivity index (χ3n) is 10.1. The second-order valence-electron chi connectivity index (χ2n) is 15.4. The van der Waals surface area contributed by atoms with Gasteiger partial charge in [0.25, 0.3) is 5.56 Å². The first-order valence-electron chi connectivity index (χ1n) is 19.5. The van der Waals surface area contributed by atoms with Crippen molar-refractivity contribution >= 4 is 31.2 Å². The summed E-state index contributed by atoms with van der Waals surface area (Å²) in [7, 11) is 1.84. The van der Waals surface area contributed by atoms with Crippen LogP contribution < -0.4 is 25.7 Å². The number of fused-ring (bicyclic) bond motifs is 1. The maximum Gasteiger partial charge on any atom is 0.407 e. The summed E-state index contributed by atoms with van der Waals surface area (Å²) in [5.74, 6) is 0.858. The smallest absolute Gasteiger partial charge is 0.407 e. The van der Waals surface area contributed by atoms with Crippen molar-refractivity contribution in [2.24, 2.45) is 0 Å². The maximum atomic E-state index is 13.4. The number of hydrogen-bond donors (Lipinski definition) is 4. The van der Waals surface area contributed by atoms with Gasteiger partial charge in [0.05, 0.1) is 46.9 Å². The molecular formula is C42H52N6O11Si. The molecule has 1 aliphatic rings. The molecule has 5 aromatic rings. The Morgan fingerprint density at radius 3 is 2.08 bits per heavy atom. The van der Waals surface area contributed by atoms with Gasteiger partial charge in [-0.15, -0.1) is 0 Å². The van der Waals surface area contributed by atoms with E-state index >= 15 is 0 Å². The van der Waals surface area contributed by atoms with E-state index in [-0.39, 0.29) is 44.2 Å². The van der Waals surface area contributed by atoms with Crippen molar-refractivity contribution in [3.63, 3.8) is 0 Å². The number of ether oxygens (including phenoxy) is 6. The van der Waals surface area contributed by atoms with Gasteiger partial charge in [0.2, 0.25) is 5.91 Å². The number of methoxy groups -OCH3 is 2. The fraction of sp³-hybridized carbons (Fsp3) is 0.405. The molecule has 0 unspecified atom stereocenters. The van der Waals surface area contributed by atoms with Gasteiger partial charge in [-0.05, 0) is 47.0 Å². The van der Waals surface area contributed by atoms with Gasteiger partial charge in [-0.1, -0.05) is 74.2 Å². The minimum absolute atomic E-state index is 0.0145. The van der Waals surface area contributed by atoms with Gasteiger partial charge in [-0.2, -0.15) is 0 Å². The number of aromatic nitrogens is 4. The topological polar surface area (TPSA) is 207 Å². The molecule has 1 aliphatic heterocycles. The van der Waals surface area contributed by atoms with Crippen molar-refractivity contribution in [3.8, 4) is 11.5 Å². The van der Waals surface area contributed by atoms with E-state index in [0.717, 1.165) is 22.7 Å². The highest BCUT2D eigenvalue weighted by molar-refractivity contribution is 6.76. The number of alkyl carbamates (subject to hydrolysis) is 1. The second-order valence-corrected chi connectivity index (χ2v) is 21.0. The third-order valence-corrected chi connectivity index (χ3v) is 11.8. The zero-order valence-corrected chi connectivity index (χ0v) is 35.3. The maximum absolute atomic E-state index is 13.4. The van der Waals surface area contributed by atoms with E-state index in [9.17, 15) is 24.6 Å². The number of amides is 2. The summed E-state index contributed by atoms with van der Waals surface area (Å²) in [5, 5.41) is 27.6. The molecule has 4 N–H and O–H groups in total. The molecule has 6 rings (SSSR count). The van der Waals surface area contributed by atoms with E-state index in [1.165, 1.54) is 21.8 Å². The Morgan fingerprint density at radius 2 is 1.47 bits per heavy atom. The number of hydrogen-bond acceptors (Lipinski definition) is 13. The SMILES string of the molecule is COc1ccc(C(OC[C@H]2O[C@@H](n3cnc4c(=O)n(CCOCNC(=O)CNC(=O)OCC[Si](C)(C)C)cnc43)[C@H](O)[C@@H]2O)(c2ccccc2)c2ccc(OC)cc2)cc1. The fourth-order valence-corrected chi connectivity index (χ4v) is 7.47. The molecule has 1 saturated heterocycles. The Bertz CT molecular complexity index is 2200. The molecule has 1 fully saturated rings. The van der Waals surface area contributed by atoms with E-state index in [4.69, 9.17) is 28.4 Å². The number of rotatable bonds is 19. The molecule has 17 nitrogen and oxygen atoms in total. The predicted molar refractivity (Wildman–Crippen MR) is 222 cm³/mol. The Kier molecular flexibility index (Phi) is 14.4. The van der Waals surface area contributed by atoms with Gasteiger partial charge >= 0.3 is 6.09 Å². The molecule has 0 radical (unpaired) electrons. The quantitative estimate of drug-likeness (QED) is 0.0408. The highest BCUT2D eigenvalue weighted by atomic mass is 28.3. The summed E-state index contributed by atoms with van der Waals surface area (Å²) in [6.07, 6.45) is -2.98. The lowest BCUT2D eigenvalue weighted by Gasteiger charge is -2.37. The zero-order valence-electron chi connectivity index (χ0n) is 34.3. The van der Waals surface area contributed by atoms with Crippen molar-refractivity contribution in [2.45, 2.75) is 62.4 Å². The molecule has 0 aliphatic carbocycles. The van der Waals surface area contributed by atoms with Crippen LogP contribution in [0.2, 0.25) is 25.7 Å². The zero-order chi connectivity index (χ0) is 42.9. The average molecular weight is 845 g/mol. The number of imidazole rings is 1. The average Bonchev–Trinajstić information content (AvgIpc) is 3.81. The van der Waals surface area contributed by atoms with Crippen LogP contribution in [0.15, 0.2) is 96.3 Å². The summed E-state index contributed by atoms with van der Waals surface area (Å²) in [5.41, 5.74) is 0.849. The summed E-state index contributed by atoms with van der Waals surface area (Å²) < 4.78 is 37.4. The Balaban J connectivity index is 1.10. The number of benzene rings is 3. The lowest BCUT2D eigenvalue weighted by atomic mass is 9.80. The molecular weight excluding hydrogens is 793 g/mol. The predicted octanol–water partition coefficient (Wildman–Crippen LogP) is 3.39. The summed E-state index contributed by atoms with van der Waals surface area (Å²) in [6, 6.07) is 25.5. The van der Waals surface area contributed by atoms with Gasteiger partial charge in [0, 0.05) is 8.07 Å². The monoisotopic (exact) mass is 844 g/mol. The van der Waals surface area contributed by atoms with Crippen molar-refractivity contribution in [1.29, 1.82) is 0 Å². The van der Waals surface area contributed by atoms with Gasteiger partial charge in [-0.25, -0.2) is 14.8 Å². The van der Waals surface area contributed by atoms with Gasteiger partial charge in [0.1, 0.15) is 55.0 Å². The van der Waals surface area contributed by atoms with E-state index in [0.29, 0.717) is 18.1 Å². The van der Waals surface area contributed by atoms with Crippen LogP contribution in [-0.2, 0) is 35.9 Å². The fourth-order valence-electron chi connectivity index (χ4n) is 6.75. The summed E-state index contributed by atoms with van der Waals surface area (Å²) >= 11 is 0. The van der Waals surface area contributed by atoms with Gasteiger partial charge < -0.3 is 49.3 Å². The first-order valence-corrected chi connectivity index (χ1v) is 23.2. The van der Waals surface area contributed by atoms with Crippen molar-refractivity contribution < 1.29 is 48.2 Å². The molecule has 4 atom stereocenters. The number of carbonyl (C=O) groups excluding carboxylic acids is 2. The Morgan fingerprint density at radius 1 is 0.833 bits per heavy atom. The van der Waals surface area contributed by atoms with E-state index < -0.39 is 55.8 Å². The molecule has 0 bridgehead atoms. The number of carbonyl (C=O) groups is 2. The largest absolute Gasteiger partial charge is 0.497 e. The summed E-state index contributed by atoms with van der Waals surface area (Å²) in [4.78, 5) is 46.0. The first-order chi connectivity index (χ1) is 28.8. The highest BCUT2D eigenvalue weighted by Crippen LogP contribution is 2.43. The lowest BCUT2D eigenvalue weighted by Crippen LogP contribution is -2.39. The van der Waals surface area contributed by atoms with Crippen LogP contribution in [0.3, 0.4) is 0 Å². The van der Waals surface area contributed by atoms with Crippen molar-refractivity contribution in [3.05, 3.63) is 119 Å². The van der Waals surface area contributed by atoms with Crippen LogP contribution >= 0.6 is 0 Å². The number of nitrogens with zero attached hydrogens (tertiary/aromatic N) is 4. The molecule has 2 aromatic heterocycles. The molecule has 18 heteroatoms. The van der Waals surface area contributed by atoms with Gasteiger partial charge in [-0.3, -0.25) is 18.7 Å². The van der Waals surface area contributed by atoms with Crippen molar-refractivity contribution in [1.82, 2.24) is 29.7 Å². The molecule has 3 heterocycles. The molecule has 3 aromatic carbocycles. The minimum atomic E-state index is -1.42. The third kappa shape index (κ3) is 10.2. The number of nitrogens with one attached hydrogen (secondary N) is 2. The minimum Gasteiger partial charge on any atom is -0.497 e. The van der Waals surface area contributed by atoms with E-state index in [2.05, 4.69) is 40.2 Å². The Labute approximate surface area is 348 Å². The molecule has 2 amide bonds. The molecule has 0 saturated carbocycles. The highest BCUT2D eigenvalue weighted by Gasteiger charge is 2.47. The summed E-state index contributed by atoms with van der Waals surface area (Å²) in [6.45, 7) is 6.38. The second kappa shape index (κ2) is 19.6. The van der Waals surface area contributed by atoms with Crippen LogP contribution in [0, 0.1) is 0 Å². The van der Waals surface area contributed by atoms with Crippen LogP contribution in [0.25, 0.3) is 11.2 Å². The van der Waals surface area contributed by atoms with E-state index in [1.54, 1.807) is 14.2 Å². The van der Waals surface area contributed by atoms with Crippen LogP contribution in [-0.4, -0.2) is 115 Å². The molecule has 60 heavy (non-hydrogen) atoms. The lowest BCUT2D eigenvalue weighted by molar-refractivity contribution is -0.121. The Hall–Kier alpha value is -5.63. The standard InChI is InChI=1S/C42H52N6O11Si/c1-54-31-15-11-29(12-16-31)42(28-9-7-6-8-10-28,30-13-17-32(55-2)18-14-30)58-24-33-36(50)37(51)40(59-33)48-26-44-35-38(48)45-25-47(39(35)52)19-20-56-27-46-34(49)23-43-41(53)57-21-22-60(3,4)5/h6-18,25-26,33,36-37,40,50-51H,19-24,27H2,1-5H3,(H,43,53)(H,46,49)/t33-,36-,37-,40-/m1/s1.